The fourth-order valence-corrected chi connectivity index (χ4v) is 1.96. The number of likely N-dealkylation sites (N-methyl/N-ethyl adjacent to an activating group) is 1. The molecule has 0 aromatic rings. The highest BCUT2D eigenvalue weighted by Gasteiger charge is 2.30. The number of rotatable bonds is 8. The molecule has 0 heterocycles. The van der Waals surface area contributed by atoms with Crippen LogP contribution in [-0.4, -0.2) is 36.5 Å². The smallest absolute Gasteiger partial charge is 0.236 e. The molecular weight excluding hydrogens is 200 g/mol. The van der Waals surface area contributed by atoms with Gasteiger partial charge in [-0.15, -0.1) is 0 Å². The number of hydrogen-bond donors (Lipinski definition) is 1. The van der Waals surface area contributed by atoms with Gasteiger partial charge < -0.3 is 10.2 Å². The third-order valence-corrected chi connectivity index (χ3v) is 3.06. The molecule has 0 atom stereocenters. The Bertz CT molecular complexity index is 212. The van der Waals surface area contributed by atoms with Gasteiger partial charge in [-0.1, -0.05) is 13.8 Å². The summed E-state index contributed by atoms with van der Waals surface area (Å²) in [7, 11) is 0. The topological polar surface area (TPSA) is 32.3 Å². The molecule has 1 aliphatic carbocycles. The summed E-state index contributed by atoms with van der Waals surface area (Å²) in [6, 6.07) is 0.551. The minimum atomic E-state index is 0.273. The summed E-state index contributed by atoms with van der Waals surface area (Å²) in [6.07, 6.45) is 4.81. The normalized spacial score (nSPS) is 15.5. The van der Waals surface area contributed by atoms with Crippen LogP contribution in [0.4, 0.5) is 0 Å². The predicted molar refractivity (Wildman–Crippen MR) is 67.4 cm³/mol. The maximum Gasteiger partial charge on any atom is 0.236 e. The predicted octanol–water partition coefficient (Wildman–Crippen LogP) is 2.02. The second-order valence-corrected chi connectivity index (χ2v) is 5.12. The van der Waals surface area contributed by atoms with Crippen molar-refractivity contribution in [3.8, 4) is 0 Å². The van der Waals surface area contributed by atoms with Crippen LogP contribution in [0.3, 0.4) is 0 Å². The van der Waals surface area contributed by atoms with Gasteiger partial charge in [0.05, 0.1) is 6.54 Å². The molecule has 0 saturated heterocycles. The van der Waals surface area contributed by atoms with Gasteiger partial charge in [0, 0.05) is 12.6 Å². The van der Waals surface area contributed by atoms with E-state index in [4.69, 9.17) is 0 Å². The van der Waals surface area contributed by atoms with Crippen LogP contribution < -0.4 is 5.32 Å². The summed E-state index contributed by atoms with van der Waals surface area (Å²) in [5.41, 5.74) is 0. The Kier molecular flexibility index (Phi) is 5.81. The Morgan fingerprint density at radius 3 is 2.62 bits per heavy atom. The lowest BCUT2D eigenvalue weighted by Crippen LogP contribution is -2.39. The first-order valence-corrected chi connectivity index (χ1v) is 6.65. The first kappa shape index (κ1) is 13.5. The first-order valence-electron chi connectivity index (χ1n) is 6.65. The van der Waals surface area contributed by atoms with Crippen molar-refractivity contribution in [3.05, 3.63) is 0 Å². The Morgan fingerprint density at radius 1 is 1.44 bits per heavy atom. The zero-order chi connectivity index (χ0) is 12.0. The molecular formula is C13H26N2O. The number of nitrogens with one attached hydrogen (secondary N) is 1. The van der Waals surface area contributed by atoms with Gasteiger partial charge in [-0.3, -0.25) is 4.79 Å². The van der Waals surface area contributed by atoms with Crippen molar-refractivity contribution in [1.82, 2.24) is 10.2 Å². The number of hydrogen-bond acceptors (Lipinski definition) is 2. The molecule has 94 valence electrons. The second-order valence-electron chi connectivity index (χ2n) is 5.12. The van der Waals surface area contributed by atoms with E-state index in [0.29, 0.717) is 12.6 Å². The molecule has 1 saturated carbocycles. The standard InChI is InChI=1S/C13H26N2O/c1-4-15(12-7-8-12)13(16)10-14-9-5-6-11(2)3/h11-12,14H,4-10H2,1-3H3. The van der Waals surface area contributed by atoms with E-state index >= 15 is 0 Å². The maximum absolute atomic E-state index is 11.8. The summed E-state index contributed by atoms with van der Waals surface area (Å²) in [5.74, 6) is 1.03. The average Bonchev–Trinajstić information content (AvgIpc) is 3.02. The van der Waals surface area contributed by atoms with Crippen molar-refractivity contribution in [2.45, 2.75) is 52.5 Å². The Balaban J connectivity index is 2.05. The van der Waals surface area contributed by atoms with Gasteiger partial charge in [-0.25, -0.2) is 0 Å². The van der Waals surface area contributed by atoms with Crippen LogP contribution in [0.2, 0.25) is 0 Å². The Labute approximate surface area is 99.6 Å². The molecule has 3 heteroatoms. The van der Waals surface area contributed by atoms with Crippen molar-refractivity contribution in [2.75, 3.05) is 19.6 Å². The van der Waals surface area contributed by atoms with Crippen molar-refractivity contribution in [1.29, 1.82) is 0 Å². The Morgan fingerprint density at radius 2 is 2.12 bits per heavy atom. The molecule has 1 aliphatic rings. The summed E-state index contributed by atoms with van der Waals surface area (Å²) >= 11 is 0. The van der Waals surface area contributed by atoms with E-state index in [1.807, 2.05) is 4.90 Å². The quantitative estimate of drug-likeness (QED) is 0.642. The van der Waals surface area contributed by atoms with Crippen LogP contribution in [0.15, 0.2) is 0 Å². The Hall–Kier alpha value is -0.570. The van der Waals surface area contributed by atoms with Crippen LogP contribution in [0.1, 0.15) is 46.5 Å². The molecule has 0 spiro atoms. The van der Waals surface area contributed by atoms with Crippen molar-refractivity contribution in [3.63, 3.8) is 0 Å². The lowest BCUT2D eigenvalue weighted by molar-refractivity contribution is -0.130. The minimum absolute atomic E-state index is 0.273. The minimum Gasteiger partial charge on any atom is -0.339 e. The molecule has 0 aromatic carbocycles. The van der Waals surface area contributed by atoms with Crippen molar-refractivity contribution < 1.29 is 4.79 Å². The van der Waals surface area contributed by atoms with Gasteiger partial charge in [0.25, 0.3) is 0 Å². The number of carbonyl (C=O) groups is 1. The largest absolute Gasteiger partial charge is 0.339 e. The van der Waals surface area contributed by atoms with E-state index < -0.39 is 0 Å². The molecule has 1 rings (SSSR count). The number of carbonyl (C=O) groups excluding carboxylic acids is 1. The van der Waals surface area contributed by atoms with Gasteiger partial charge in [0.15, 0.2) is 0 Å². The van der Waals surface area contributed by atoms with Gasteiger partial charge in [0.2, 0.25) is 5.91 Å². The first-order chi connectivity index (χ1) is 7.65. The lowest BCUT2D eigenvalue weighted by Gasteiger charge is -2.20. The third-order valence-electron chi connectivity index (χ3n) is 3.06. The van der Waals surface area contributed by atoms with Crippen LogP contribution in [0.5, 0.6) is 0 Å². The van der Waals surface area contributed by atoms with E-state index in [2.05, 4.69) is 26.1 Å². The number of nitrogens with zero attached hydrogens (tertiary/aromatic N) is 1. The fraction of sp³-hybridized carbons (Fsp3) is 0.923. The molecule has 0 aliphatic heterocycles. The van der Waals surface area contributed by atoms with Crippen molar-refractivity contribution in [2.24, 2.45) is 5.92 Å². The fourth-order valence-electron chi connectivity index (χ4n) is 1.96. The molecule has 1 fully saturated rings. The van der Waals surface area contributed by atoms with Crippen LogP contribution in [0, 0.1) is 5.92 Å². The lowest BCUT2D eigenvalue weighted by atomic mass is 10.1. The maximum atomic E-state index is 11.8. The average molecular weight is 226 g/mol. The van der Waals surface area contributed by atoms with E-state index in [0.717, 1.165) is 19.0 Å². The van der Waals surface area contributed by atoms with Gasteiger partial charge in [0.1, 0.15) is 0 Å². The summed E-state index contributed by atoms with van der Waals surface area (Å²) in [6.45, 7) is 8.87. The highest BCUT2D eigenvalue weighted by molar-refractivity contribution is 5.78. The summed E-state index contributed by atoms with van der Waals surface area (Å²) < 4.78 is 0. The zero-order valence-electron chi connectivity index (χ0n) is 11.0. The molecule has 16 heavy (non-hydrogen) atoms. The molecule has 1 amide bonds. The highest BCUT2D eigenvalue weighted by Crippen LogP contribution is 2.26. The molecule has 0 unspecified atom stereocenters. The van der Waals surface area contributed by atoms with Crippen molar-refractivity contribution >= 4 is 5.91 Å². The molecule has 1 N–H and O–H groups in total. The van der Waals surface area contributed by atoms with Gasteiger partial charge in [-0.05, 0) is 45.1 Å². The van der Waals surface area contributed by atoms with Crippen LogP contribution >= 0.6 is 0 Å². The van der Waals surface area contributed by atoms with E-state index in [1.165, 1.54) is 25.7 Å². The third kappa shape index (κ3) is 4.97. The van der Waals surface area contributed by atoms with Crippen LogP contribution in [0.25, 0.3) is 0 Å². The monoisotopic (exact) mass is 226 g/mol. The zero-order valence-corrected chi connectivity index (χ0v) is 11.0. The summed E-state index contributed by atoms with van der Waals surface area (Å²) in [5, 5.41) is 3.25. The van der Waals surface area contributed by atoms with E-state index in [9.17, 15) is 4.79 Å². The number of amides is 1. The summed E-state index contributed by atoms with van der Waals surface area (Å²) in [4.78, 5) is 13.8. The highest BCUT2D eigenvalue weighted by atomic mass is 16.2. The van der Waals surface area contributed by atoms with Gasteiger partial charge >= 0.3 is 0 Å². The van der Waals surface area contributed by atoms with Gasteiger partial charge in [-0.2, -0.15) is 0 Å². The van der Waals surface area contributed by atoms with E-state index in [-0.39, 0.29) is 5.91 Å². The molecule has 0 radical (unpaired) electrons. The second kappa shape index (κ2) is 6.89. The SMILES string of the molecule is CCN(C(=O)CNCCCC(C)C)C1CC1. The molecule has 0 bridgehead atoms. The molecule has 0 aromatic heterocycles. The van der Waals surface area contributed by atoms with Crippen LogP contribution in [-0.2, 0) is 4.79 Å². The van der Waals surface area contributed by atoms with E-state index in [1.54, 1.807) is 0 Å². The molecule has 3 nitrogen and oxygen atoms in total.